The van der Waals surface area contributed by atoms with Gasteiger partial charge >= 0.3 is 0 Å². The van der Waals surface area contributed by atoms with E-state index in [2.05, 4.69) is 5.32 Å². The topological polar surface area (TPSA) is 41.5 Å². The first-order chi connectivity index (χ1) is 7.66. The third-order valence-corrected chi connectivity index (χ3v) is 2.86. The Kier molecular flexibility index (Phi) is 3.53. The second-order valence-electron chi connectivity index (χ2n) is 4.15. The second kappa shape index (κ2) is 4.91. The molecule has 3 nitrogen and oxygen atoms in total. The van der Waals surface area contributed by atoms with Gasteiger partial charge in [-0.2, -0.15) is 0 Å². The Morgan fingerprint density at radius 3 is 2.94 bits per heavy atom. The maximum absolute atomic E-state index is 13.0. The zero-order valence-corrected chi connectivity index (χ0v) is 9.19. The van der Waals surface area contributed by atoms with Crippen LogP contribution in [0.4, 0.5) is 4.39 Å². The third kappa shape index (κ3) is 2.58. The Morgan fingerprint density at radius 2 is 2.31 bits per heavy atom. The van der Waals surface area contributed by atoms with Crippen LogP contribution in [-0.2, 0) is 4.74 Å². The lowest BCUT2D eigenvalue weighted by molar-refractivity contribution is 0.121. The fraction of sp³-hybridized carbons (Fsp3) is 0.500. The summed E-state index contributed by atoms with van der Waals surface area (Å²) in [6, 6.07) is 6.40. The molecule has 1 fully saturated rings. The zero-order valence-electron chi connectivity index (χ0n) is 9.19. The highest BCUT2D eigenvalue weighted by Crippen LogP contribution is 2.16. The van der Waals surface area contributed by atoms with Gasteiger partial charge in [-0.3, -0.25) is 0 Å². The number of halogens is 1. The quantitative estimate of drug-likeness (QED) is 0.813. The van der Waals surface area contributed by atoms with Crippen molar-refractivity contribution >= 4 is 0 Å². The molecule has 3 atom stereocenters. The largest absolute Gasteiger partial charge is 0.389 e. The lowest BCUT2D eigenvalue weighted by atomic mass is 10.1. The van der Waals surface area contributed by atoms with E-state index in [1.807, 2.05) is 13.0 Å². The summed E-state index contributed by atoms with van der Waals surface area (Å²) in [5, 5.41) is 12.8. The molecule has 1 aliphatic heterocycles. The van der Waals surface area contributed by atoms with E-state index in [-0.39, 0.29) is 17.9 Å². The summed E-state index contributed by atoms with van der Waals surface area (Å²) in [5.74, 6) is -0.241. The first-order valence-electron chi connectivity index (χ1n) is 5.44. The van der Waals surface area contributed by atoms with Crippen LogP contribution >= 0.6 is 0 Å². The summed E-state index contributed by atoms with van der Waals surface area (Å²) < 4.78 is 18.2. The molecule has 1 heterocycles. The van der Waals surface area contributed by atoms with Crippen molar-refractivity contribution in [1.82, 2.24) is 5.32 Å². The van der Waals surface area contributed by atoms with Gasteiger partial charge in [0.2, 0.25) is 0 Å². The second-order valence-corrected chi connectivity index (χ2v) is 4.15. The standard InChI is InChI=1S/C12H16FNO2/c1-8(9-3-2-4-10(13)5-9)14-11-6-16-7-12(11)15/h2-5,8,11-12,14-15H,6-7H2,1H3/t8-,11?,12?/m1/s1. The number of aliphatic hydroxyl groups is 1. The van der Waals surface area contributed by atoms with E-state index < -0.39 is 6.10 Å². The minimum absolute atomic E-state index is 0.00273. The van der Waals surface area contributed by atoms with E-state index in [1.54, 1.807) is 6.07 Å². The van der Waals surface area contributed by atoms with Crippen LogP contribution in [0.25, 0.3) is 0 Å². The summed E-state index contributed by atoms with van der Waals surface area (Å²) in [4.78, 5) is 0. The van der Waals surface area contributed by atoms with Crippen molar-refractivity contribution in [2.75, 3.05) is 13.2 Å². The number of benzene rings is 1. The highest BCUT2D eigenvalue weighted by atomic mass is 19.1. The maximum Gasteiger partial charge on any atom is 0.123 e. The molecular formula is C12H16FNO2. The molecule has 1 aromatic rings. The average Bonchev–Trinajstić information content (AvgIpc) is 2.64. The van der Waals surface area contributed by atoms with Gasteiger partial charge in [0.15, 0.2) is 0 Å². The number of ether oxygens (including phenoxy) is 1. The molecule has 1 saturated heterocycles. The van der Waals surface area contributed by atoms with Gasteiger partial charge in [-0.1, -0.05) is 12.1 Å². The van der Waals surface area contributed by atoms with E-state index in [0.717, 1.165) is 5.56 Å². The third-order valence-electron chi connectivity index (χ3n) is 2.86. The number of hydrogen-bond donors (Lipinski definition) is 2. The van der Waals surface area contributed by atoms with E-state index >= 15 is 0 Å². The molecule has 1 aromatic carbocycles. The maximum atomic E-state index is 13.0. The molecule has 1 aliphatic rings. The molecule has 0 saturated carbocycles. The summed E-state index contributed by atoms with van der Waals surface area (Å²) in [5.41, 5.74) is 0.874. The van der Waals surface area contributed by atoms with Gasteiger partial charge in [0.25, 0.3) is 0 Å². The van der Waals surface area contributed by atoms with Crippen LogP contribution in [0.2, 0.25) is 0 Å². The molecule has 2 N–H and O–H groups in total. The summed E-state index contributed by atoms with van der Waals surface area (Å²) in [6.45, 7) is 2.81. The molecule has 2 rings (SSSR count). The van der Waals surface area contributed by atoms with Crippen LogP contribution in [0.3, 0.4) is 0 Å². The van der Waals surface area contributed by atoms with E-state index in [4.69, 9.17) is 4.74 Å². The lowest BCUT2D eigenvalue weighted by Crippen LogP contribution is -2.40. The Hall–Kier alpha value is -0.970. The molecule has 0 radical (unpaired) electrons. The monoisotopic (exact) mass is 225 g/mol. The summed E-state index contributed by atoms with van der Waals surface area (Å²) in [7, 11) is 0. The number of hydrogen-bond acceptors (Lipinski definition) is 3. The van der Waals surface area contributed by atoms with Gasteiger partial charge in [-0.05, 0) is 24.6 Å². The molecule has 2 unspecified atom stereocenters. The van der Waals surface area contributed by atoms with Gasteiger partial charge in [0, 0.05) is 6.04 Å². The molecule has 0 aliphatic carbocycles. The Balaban J connectivity index is 1.99. The van der Waals surface area contributed by atoms with Gasteiger partial charge in [0.1, 0.15) is 5.82 Å². The van der Waals surface area contributed by atoms with Crippen molar-refractivity contribution in [3.8, 4) is 0 Å². The molecule has 4 heteroatoms. The van der Waals surface area contributed by atoms with Gasteiger partial charge < -0.3 is 15.2 Å². The SMILES string of the molecule is C[C@@H](NC1COCC1O)c1cccc(F)c1. The molecular weight excluding hydrogens is 209 g/mol. The fourth-order valence-corrected chi connectivity index (χ4v) is 1.90. The van der Waals surface area contributed by atoms with Crippen molar-refractivity contribution < 1.29 is 14.2 Å². The molecule has 16 heavy (non-hydrogen) atoms. The smallest absolute Gasteiger partial charge is 0.123 e. The van der Waals surface area contributed by atoms with E-state index in [1.165, 1.54) is 12.1 Å². The normalized spacial score (nSPS) is 26.9. The highest BCUT2D eigenvalue weighted by molar-refractivity contribution is 5.19. The summed E-state index contributed by atoms with van der Waals surface area (Å²) >= 11 is 0. The molecule has 0 spiro atoms. The van der Waals surface area contributed by atoms with Crippen LogP contribution in [0.5, 0.6) is 0 Å². The highest BCUT2D eigenvalue weighted by Gasteiger charge is 2.27. The van der Waals surface area contributed by atoms with Crippen LogP contribution in [0.15, 0.2) is 24.3 Å². The fourth-order valence-electron chi connectivity index (χ4n) is 1.90. The first kappa shape index (κ1) is 11.5. The number of nitrogens with one attached hydrogen (secondary N) is 1. The van der Waals surface area contributed by atoms with Crippen LogP contribution in [0.1, 0.15) is 18.5 Å². The van der Waals surface area contributed by atoms with Crippen molar-refractivity contribution in [2.45, 2.75) is 25.1 Å². The van der Waals surface area contributed by atoms with E-state index in [0.29, 0.717) is 13.2 Å². The van der Waals surface area contributed by atoms with Crippen molar-refractivity contribution in [3.63, 3.8) is 0 Å². The predicted octanol–water partition coefficient (Wildman–Crippen LogP) is 1.24. The average molecular weight is 225 g/mol. The molecule has 0 amide bonds. The van der Waals surface area contributed by atoms with E-state index in [9.17, 15) is 9.50 Å². The predicted molar refractivity (Wildman–Crippen MR) is 58.6 cm³/mol. The van der Waals surface area contributed by atoms with Gasteiger partial charge in [-0.15, -0.1) is 0 Å². The number of aliphatic hydroxyl groups excluding tert-OH is 1. The number of rotatable bonds is 3. The zero-order chi connectivity index (χ0) is 11.5. The van der Waals surface area contributed by atoms with Crippen molar-refractivity contribution in [2.24, 2.45) is 0 Å². The lowest BCUT2D eigenvalue weighted by Gasteiger charge is -2.21. The molecule has 0 aromatic heterocycles. The Morgan fingerprint density at radius 1 is 1.50 bits per heavy atom. The van der Waals surface area contributed by atoms with Crippen LogP contribution in [0, 0.1) is 5.82 Å². The minimum atomic E-state index is -0.476. The molecule has 0 bridgehead atoms. The Labute approximate surface area is 94.2 Å². The minimum Gasteiger partial charge on any atom is -0.389 e. The van der Waals surface area contributed by atoms with Crippen molar-refractivity contribution in [3.05, 3.63) is 35.6 Å². The van der Waals surface area contributed by atoms with Crippen LogP contribution < -0.4 is 5.32 Å². The van der Waals surface area contributed by atoms with Gasteiger partial charge in [-0.25, -0.2) is 4.39 Å². The molecule has 88 valence electrons. The van der Waals surface area contributed by atoms with Gasteiger partial charge in [0.05, 0.1) is 25.4 Å². The van der Waals surface area contributed by atoms with Crippen molar-refractivity contribution in [1.29, 1.82) is 0 Å². The van der Waals surface area contributed by atoms with Crippen LogP contribution in [-0.4, -0.2) is 30.5 Å². The Bertz CT molecular complexity index is 359. The summed E-state index contributed by atoms with van der Waals surface area (Å²) in [6.07, 6.45) is -0.476. The first-order valence-corrected chi connectivity index (χ1v) is 5.44.